The van der Waals surface area contributed by atoms with Crippen LogP contribution in [0, 0.1) is 17.4 Å². The number of unbranched alkanes of at least 4 members (excludes halogenated alkanes) is 3. The summed E-state index contributed by atoms with van der Waals surface area (Å²) in [6.45, 7) is 51.2. The number of aromatic nitrogens is 4. The van der Waals surface area contributed by atoms with Crippen molar-refractivity contribution < 1.29 is 23.4 Å². The number of azide groups is 1. The third kappa shape index (κ3) is 24.7. The van der Waals surface area contributed by atoms with Crippen molar-refractivity contribution in [2.24, 2.45) is 21.3 Å². The monoisotopic (exact) mass is 905 g/mol. The highest BCUT2D eigenvalue weighted by Crippen LogP contribution is 2.40. The van der Waals surface area contributed by atoms with Crippen LogP contribution in [0.25, 0.3) is 15.3 Å². The van der Waals surface area contributed by atoms with Gasteiger partial charge in [-0.15, -0.1) is 9.88 Å². The molecule has 0 amide bonds. The third-order valence-corrected chi connectivity index (χ3v) is 11.8. The van der Waals surface area contributed by atoms with Gasteiger partial charge >= 0.3 is 14.2 Å². The van der Waals surface area contributed by atoms with E-state index >= 15 is 0 Å². The number of hydrogen-bond acceptors (Lipinski definition) is 11. The highest BCUT2D eigenvalue weighted by atomic mass is 28.3. The first-order valence-corrected chi connectivity index (χ1v) is 26.5. The van der Waals surface area contributed by atoms with Crippen LogP contribution in [0.15, 0.2) is 4.78 Å². The summed E-state index contributed by atoms with van der Waals surface area (Å²) in [6, 6.07) is 0.127. The Balaban J connectivity index is 0. The Morgan fingerprint density at radius 3 is 1.51 bits per heavy atom. The third-order valence-electron chi connectivity index (χ3n) is 11.1. The molecule has 1 unspecified atom stereocenters. The molecule has 0 spiro atoms. The number of aldehydes is 1. The zero-order chi connectivity index (χ0) is 49.9. The van der Waals surface area contributed by atoms with Crippen LogP contribution < -0.4 is 11.1 Å². The molecule has 15 nitrogen and oxygen atoms in total. The van der Waals surface area contributed by atoms with Crippen LogP contribution >= 0.6 is 0 Å². The van der Waals surface area contributed by atoms with Gasteiger partial charge in [0.1, 0.15) is 14.5 Å². The van der Waals surface area contributed by atoms with Crippen molar-refractivity contribution in [2.45, 2.75) is 248 Å². The number of nitrogens with zero attached hydrogens (tertiary/aromatic N) is 8. The highest BCUT2D eigenvalue weighted by Gasteiger charge is 2.51. The average molecular weight is 905 g/mol. The molecule has 0 aliphatic carbocycles. The molecule has 0 bridgehead atoms. The molecule has 1 aromatic heterocycles. The van der Waals surface area contributed by atoms with Gasteiger partial charge in [-0.25, -0.2) is 11.3 Å². The standard InChI is InChI=1S/C21H42BN5O2.C11H21BO3.C9H17N.C3H9N3Si.CH5N/c1-18(2,3)15-19(4,5)27-17(24-25-26-27)16(23-10)13-11-12-14-22-28-20(6,7)21(8,9)29-22;1-10(2)11(3,4)15-12(14-10)8-6-5-7-9-13;1-8(2,3)7-9(4,5)10-6;1-7(2,3)6-5-4;1-2/h16,23H,11-15H2,1-10H3;9H,5-8H2,1-4H3;7H2,1-5H3;1-3H3;2H2,1H3. The molecule has 2 saturated heterocycles. The fourth-order valence-electron chi connectivity index (χ4n) is 7.45. The summed E-state index contributed by atoms with van der Waals surface area (Å²) < 4.78 is 29.5. The van der Waals surface area contributed by atoms with Crippen molar-refractivity contribution in [2.75, 3.05) is 14.1 Å². The van der Waals surface area contributed by atoms with Crippen LogP contribution in [0.1, 0.15) is 188 Å². The number of nitrogens with one attached hydrogen (secondary N) is 1. The Hall–Kier alpha value is -2.35. The van der Waals surface area contributed by atoms with Gasteiger partial charge in [0, 0.05) is 26.7 Å². The number of hydrogen-bond donors (Lipinski definition) is 2. The van der Waals surface area contributed by atoms with Gasteiger partial charge in [-0.1, -0.05) is 80.4 Å². The van der Waals surface area contributed by atoms with E-state index in [-0.39, 0.29) is 64.6 Å². The summed E-state index contributed by atoms with van der Waals surface area (Å²) in [7, 11) is 1.80. The SMILES string of the molecule is CC1(C)OB(CCCCC=O)OC1(C)C.CN.CNC(CCCCB1OC(C)(C)C(C)(C)O1)c1nnnn1C(C)(C)CC(C)(C)C.C[Si](C)(C)N=[N+]=[N-].[C-]#[N+]C(C)(C)CC(C)(C)C. The second-order valence-electron chi connectivity index (χ2n) is 23.5. The van der Waals surface area contributed by atoms with Gasteiger partial charge in [-0.2, -0.15) is 0 Å². The summed E-state index contributed by atoms with van der Waals surface area (Å²) in [6.07, 6.45) is 10.3. The maximum atomic E-state index is 10.1. The van der Waals surface area contributed by atoms with Gasteiger partial charge in [0.2, 0.25) is 5.54 Å². The van der Waals surface area contributed by atoms with Crippen molar-refractivity contribution in [3.63, 3.8) is 0 Å². The molecular formula is C45H94B2N10O5Si. The largest absolute Gasteiger partial charge is 0.457 e. The van der Waals surface area contributed by atoms with E-state index in [0.29, 0.717) is 6.42 Å². The lowest BCUT2D eigenvalue weighted by atomic mass is 9.81. The van der Waals surface area contributed by atoms with Gasteiger partial charge in [0.25, 0.3) is 0 Å². The van der Waals surface area contributed by atoms with E-state index in [2.05, 4.69) is 152 Å². The number of tetrazole rings is 1. The maximum Gasteiger partial charge on any atom is 0.457 e. The van der Waals surface area contributed by atoms with Gasteiger partial charge in [0.05, 0.1) is 34.0 Å². The summed E-state index contributed by atoms with van der Waals surface area (Å²) in [5, 5.41) is 16.1. The minimum absolute atomic E-state index is 0.110. The molecule has 0 saturated carbocycles. The van der Waals surface area contributed by atoms with Crippen LogP contribution in [0.2, 0.25) is 32.3 Å². The van der Waals surface area contributed by atoms with Crippen LogP contribution in [0.3, 0.4) is 0 Å². The van der Waals surface area contributed by atoms with E-state index in [0.717, 1.165) is 69.7 Å². The quantitative estimate of drug-likeness (QED) is 0.0307. The molecular weight excluding hydrogens is 810 g/mol. The van der Waals surface area contributed by atoms with Gasteiger partial charge in [-0.3, -0.25) is 0 Å². The van der Waals surface area contributed by atoms with Crippen molar-refractivity contribution >= 4 is 28.8 Å². The molecule has 2 aliphatic heterocycles. The van der Waals surface area contributed by atoms with Crippen molar-refractivity contribution in [1.82, 2.24) is 25.5 Å². The maximum absolute atomic E-state index is 10.1. The molecule has 0 aromatic carbocycles. The molecule has 2 fully saturated rings. The first kappa shape index (κ1) is 62.7. The highest BCUT2D eigenvalue weighted by molar-refractivity contribution is 6.74. The molecule has 1 atom stereocenters. The summed E-state index contributed by atoms with van der Waals surface area (Å²) >= 11 is 0. The molecule has 18 heteroatoms. The van der Waals surface area contributed by atoms with Crippen LogP contribution in [-0.4, -0.2) is 91.0 Å². The molecule has 3 heterocycles. The Kier molecular flexibility index (Phi) is 26.0. The minimum Gasteiger partial charge on any atom is -0.403 e. The zero-order valence-electron chi connectivity index (χ0n) is 44.6. The molecule has 364 valence electrons. The normalized spacial score (nSPS) is 18.1. The predicted octanol–water partition coefficient (Wildman–Crippen LogP) is 11.6. The second-order valence-corrected chi connectivity index (χ2v) is 28.0. The van der Waals surface area contributed by atoms with Crippen molar-refractivity contribution in [1.29, 1.82) is 0 Å². The fourth-order valence-corrected chi connectivity index (χ4v) is 7.72. The molecule has 63 heavy (non-hydrogen) atoms. The second kappa shape index (κ2) is 26.1. The van der Waals surface area contributed by atoms with Crippen LogP contribution in [-0.2, 0) is 29.0 Å². The molecule has 3 N–H and O–H groups in total. The van der Waals surface area contributed by atoms with Crippen LogP contribution in [0.5, 0.6) is 0 Å². The smallest absolute Gasteiger partial charge is 0.403 e. The first-order valence-electron chi connectivity index (χ1n) is 23.0. The number of nitrogens with two attached hydrogens (primary N) is 1. The van der Waals surface area contributed by atoms with E-state index in [1.165, 1.54) is 7.05 Å². The molecule has 1 aromatic rings. The first-order chi connectivity index (χ1) is 28.4. The molecule has 0 radical (unpaired) electrons. The van der Waals surface area contributed by atoms with E-state index in [4.69, 9.17) is 30.7 Å². The molecule has 2 aliphatic rings. The van der Waals surface area contributed by atoms with Gasteiger partial charge in [0.15, 0.2) is 5.82 Å². The molecule has 3 rings (SSSR count). The Labute approximate surface area is 387 Å². The number of rotatable bonds is 16. The fraction of sp³-hybridized carbons (Fsp3) is 0.933. The summed E-state index contributed by atoms with van der Waals surface area (Å²) in [5.41, 5.74) is 11.6. The lowest BCUT2D eigenvalue weighted by molar-refractivity contribution is -0.107. The van der Waals surface area contributed by atoms with E-state index in [1.54, 1.807) is 0 Å². The van der Waals surface area contributed by atoms with Crippen LogP contribution in [0.4, 0.5) is 0 Å². The Morgan fingerprint density at radius 1 is 0.794 bits per heavy atom. The lowest BCUT2D eigenvalue weighted by Crippen LogP contribution is -2.41. The topological polar surface area (TPSA) is 189 Å². The van der Waals surface area contributed by atoms with Crippen molar-refractivity contribution in [3.05, 3.63) is 27.7 Å². The Bertz CT molecular complexity index is 1520. The van der Waals surface area contributed by atoms with Gasteiger partial charge in [-0.05, 0) is 147 Å². The van der Waals surface area contributed by atoms with Crippen molar-refractivity contribution in [3.8, 4) is 0 Å². The zero-order valence-corrected chi connectivity index (χ0v) is 45.6. The summed E-state index contributed by atoms with van der Waals surface area (Å²) in [5.74, 6) is 0.914. The van der Waals surface area contributed by atoms with E-state index < -0.39 is 8.24 Å². The van der Waals surface area contributed by atoms with E-state index in [1.807, 2.05) is 45.2 Å². The summed E-state index contributed by atoms with van der Waals surface area (Å²) in [4.78, 5) is 16.4. The Morgan fingerprint density at radius 2 is 1.21 bits per heavy atom. The minimum atomic E-state index is -1.45. The lowest BCUT2D eigenvalue weighted by Gasteiger charge is -2.33. The predicted molar refractivity (Wildman–Crippen MR) is 266 cm³/mol. The number of carbonyl (C=O) groups excluding carboxylic acids is 1. The number of carbonyl (C=O) groups is 1. The van der Waals surface area contributed by atoms with E-state index in [9.17, 15) is 4.79 Å². The van der Waals surface area contributed by atoms with Gasteiger partial charge < -0.3 is 39.3 Å². The average Bonchev–Trinajstić information content (AvgIpc) is 3.73.